The second kappa shape index (κ2) is 4.07. The van der Waals surface area contributed by atoms with Gasteiger partial charge in [0.05, 0.1) is 0 Å². The van der Waals surface area contributed by atoms with Crippen LogP contribution in [0.2, 0.25) is 0 Å². The van der Waals surface area contributed by atoms with Gasteiger partial charge in [0.1, 0.15) is 5.69 Å². The number of piperazine rings is 1. The smallest absolute Gasteiger partial charge is 0.230 e. The Hall–Kier alpha value is -1.07. The molecule has 0 spiro atoms. The molecule has 5 heteroatoms. The van der Waals surface area contributed by atoms with Gasteiger partial charge in [-0.1, -0.05) is 5.16 Å². The number of anilines is 1. The third kappa shape index (κ3) is 1.70. The Bertz CT molecular complexity index is 368. The van der Waals surface area contributed by atoms with Crippen molar-refractivity contribution in [2.45, 2.75) is 13.0 Å². The molecule has 3 heterocycles. The predicted octanol–water partition coefficient (Wildman–Crippen LogP) is 0.0721. The third-order valence-electron chi connectivity index (χ3n) is 3.48. The van der Waals surface area contributed by atoms with Crippen LogP contribution in [0, 0.1) is 0 Å². The summed E-state index contributed by atoms with van der Waals surface area (Å²) in [5, 5.41) is 7.47. The van der Waals surface area contributed by atoms with Crippen molar-refractivity contribution >= 4 is 5.88 Å². The number of rotatable bonds is 1. The molecule has 2 aliphatic heterocycles. The summed E-state index contributed by atoms with van der Waals surface area (Å²) in [4.78, 5) is 4.68. The molecule has 0 saturated carbocycles. The fourth-order valence-electron chi connectivity index (χ4n) is 2.40. The predicted molar refractivity (Wildman–Crippen MR) is 61.6 cm³/mol. The molecule has 1 aromatic rings. The second-order valence-corrected chi connectivity index (χ2v) is 4.63. The van der Waals surface area contributed by atoms with Gasteiger partial charge in [-0.05, 0) is 20.0 Å². The molecule has 5 nitrogen and oxygen atoms in total. The van der Waals surface area contributed by atoms with E-state index in [-0.39, 0.29) is 0 Å². The molecule has 1 fully saturated rings. The number of nitrogens with one attached hydrogen (secondary N) is 1. The molecule has 1 saturated heterocycles. The van der Waals surface area contributed by atoms with Gasteiger partial charge in [0.15, 0.2) is 0 Å². The minimum Gasteiger partial charge on any atom is -0.338 e. The first-order valence-electron chi connectivity index (χ1n) is 5.96. The van der Waals surface area contributed by atoms with Gasteiger partial charge in [-0.15, -0.1) is 0 Å². The van der Waals surface area contributed by atoms with Gasteiger partial charge in [-0.3, -0.25) is 0 Å². The Labute approximate surface area is 95.4 Å². The van der Waals surface area contributed by atoms with Gasteiger partial charge in [0.2, 0.25) is 5.88 Å². The van der Waals surface area contributed by atoms with Crippen molar-refractivity contribution in [1.82, 2.24) is 15.4 Å². The van der Waals surface area contributed by atoms with Crippen molar-refractivity contribution in [3.05, 3.63) is 11.3 Å². The van der Waals surface area contributed by atoms with Crippen LogP contribution in [0.3, 0.4) is 0 Å². The van der Waals surface area contributed by atoms with E-state index in [1.807, 2.05) is 0 Å². The number of nitrogens with zero attached hydrogens (tertiary/aromatic N) is 3. The molecular formula is C11H18N4O. The van der Waals surface area contributed by atoms with Crippen LogP contribution in [-0.4, -0.2) is 49.8 Å². The Morgan fingerprint density at radius 3 is 2.88 bits per heavy atom. The first-order valence-corrected chi connectivity index (χ1v) is 5.96. The monoisotopic (exact) mass is 222 g/mol. The maximum Gasteiger partial charge on any atom is 0.230 e. The molecule has 0 amide bonds. The highest BCUT2D eigenvalue weighted by Gasteiger charge is 2.25. The summed E-state index contributed by atoms with van der Waals surface area (Å²) >= 11 is 0. The summed E-state index contributed by atoms with van der Waals surface area (Å²) in [5.74, 6) is 1.02. The van der Waals surface area contributed by atoms with Crippen LogP contribution in [0.5, 0.6) is 0 Å². The van der Waals surface area contributed by atoms with Gasteiger partial charge in [-0.25, -0.2) is 0 Å². The normalized spacial score (nSPS) is 22.2. The lowest BCUT2D eigenvalue weighted by molar-refractivity contribution is 0.299. The summed E-state index contributed by atoms with van der Waals surface area (Å²) in [7, 11) is 2.16. The summed E-state index contributed by atoms with van der Waals surface area (Å²) in [6.45, 7) is 6.19. The fourth-order valence-corrected chi connectivity index (χ4v) is 2.40. The van der Waals surface area contributed by atoms with E-state index in [1.165, 1.54) is 5.56 Å². The topological polar surface area (TPSA) is 44.5 Å². The zero-order valence-corrected chi connectivity index (χ0v) is 9.70. The first-order chi connectivity index (χ1) is 7.84. The first kappa shape index (κ1) is 10.1. The van der Waals surface area contributed by atoms with Crippen molar-refractivity contribution in [1.29, 1.82) is 0 Å². The van der Waals surface area contributed by atoms with Gasteiger partial charge in [0.25, 0.3) is 0 Å². The molecular weight excluding hydrogens is 204 g/mol. The lowest BCUT2D eigenvalue weighted by Crippen LogP contribution is -2.44. The molecule has 16 heavy (non-hydrogen) atoms. The number of aromatic nitrogens is 1. The molecule has 2 aliphatic rings. The van der Waals surface area contributed by atoms with Crippen LogP contribution in [0.1, 0.15) is 11.3 Å². The maximum atomic E-state index is 5.51. The highest BCUT2D eigenvalue weighted by atomic mass is 16.5. The quantitative estimate of drug-likeness (QED) is 0.728. The maximum absolute atomic E-state index is 5.51. The van der Waals surface area contributed by atoms with Gasteiger partial charge in [0, 0.05) is 38.3 Å². The van der Waals surface area contributed by atoms with E-state index in [1.54, 1.807) is 0 Å². The molecule has 0 radical (unpaired) electrons. The second-order valence-electron chi connectivity index (χ2n) is 4.63. The summed E-state index contributed by atoms with van der Waals surface area (Å²) in [5.41, 5.74) is 2.42. The van der Waals surface area contributed by atoms with Crippen molar-refractivity contribution < 1.29 is 4.52 Å². The molecule has 88 valence electrons. The van der Waals surface area contributed by atoms with Crippen molar-refractivity contribution in [3.8, 4) is 0 Å². The van der Waals surface area contributed by atoms with Crippen molar-refractivity contribution in [2.75, 3.05) is 44.7 Å². The highest BCUT2D eigenvalue weighted by Crippen LogP contribution is 2.26. The van der Waals surface area contributed by atoms with Crippen LogP contribution >= 0.6 is 0 Å². The van der Waals surface area contributed by atoms with E-state index < -0.39 is 0 Å². The minimum atomic E-state index is 0.854. The molecule has 0 unspecified atom stereocenters. The zero-order chi connectivity index (χ0) is 11.0. The molecule has 0 atom stereocenters. The largest absolute Gasteiger partial charge is 0.338 e. The van der Waals surface area contributed by atoms with Gasteiger partial charge < -0.3 is 19.6 Å². The minimum absolute atomic E-state index is 0.854. The third-order valence-corrected chi connectivity index (χ3v) is 3.48. The van der Waals surface area contributed by atoms with Crippen molar-refractivity contribution in [2.24, 2.45) is 0 Å². The molecule has 0 aromatic carbocycles. The van der Waals surface area contributed by atoms with Crippen LogP contribution in [0.4, 0.5) is 5.88 Å². The van der Waals surface area contributed by atoms with E-state index in [4.69, 9.17) is 4.52 Å². The van der Waals surface area contributed by atoms with E-state index in [9.17, 15) is 0 Å². The number of hydrogen-bond donors (Lipinski definition) is 1. The Balaban J connectivity index is 1.81. The number of likely N-dealkylation sites (N-methyl/N-ethyl adjacent to an activating group) is 1. The van der Waals surface area contributed by atoms with E-state index in [0.717, 1.165) is 57.3 Å². The van der Waals surface area contributed by atoms with Crippen LogP contribution < -0.4 is 10.2 Å². The Morgan fingerprint density at radius 1 is 1.25 bits per heavy atom. The molecule has 0 bridgehead atoms. The number of fused-ring (bicyclic) bond motifs is 1. The van der Waals surface area contributed by atoms with Crippen LogP contribution in [0.25, 0.3) is 0 Å². The molecule has 0 aliphatic carbocycles. The van der Waals surface area contributed by atoms with E-state index in [2.05, 4.69) is 27.3 Å². The van der Waals surface area contributed by atoms with Gasteiger partial charge in [-0.2, -0.15) is 0 Å². The van der Waals surface area contributed by atoms with Crippen LogP contribution in [-0.2, 0) is 13.0 Å². The zero-order valence-electron chi connectivity index (χ0n) is 9.70. The van der Waals surface area contributed by atoms with Crippen LogP contribution in [0.15, 0.2) is 4.52 Å². The lowest BCUT2D eigenvalue weighted by atomic mass is 10.1. The standard InChI is InChI=1S/C11H18N4O/c1-14-4-6-15(7-5-14)11-9-2-3-12-8-10(9)13-16-11/h12H,2-8H2,1H3. The lowest BCUT2D eigenvalue weighted by Gasteiger charge is -2.32. The number of hydrogen-bond acceptors (Lipinski definition) is 5. The Kier molecular flexibility index (Phi) is 2.57. The summed E-state index contributed by atoms with van der Waals surface area (Å²) in [6.07, 6.45) is 1.04. The fraction of sp³-hybridized carbons (Fsp3) is 0.727. The average molecular weight is 222 g/mol. The Morgan fingerprint density at radius 2 is 2.06 bits per heavy atom. The highest BCUT2D eigenvalue weighted by molar-refractivity contribution is 5.47. The van der Waals surface area contributed by atoms with Crippen molar-refractivity contribution in [3.63, 3.8) is 0 Å². The molecule has 3 rings (SSSR count). The summed E-state index contributed by atoms with van der Waals surface area (Å²) in [6, 6.07) is 0. The van der Waals surface area contributed by atoms with E-state index >= 15 is 0 Å². The van der Waals surface area contributed by atoms with Gasteiger partial charge >= 0.3 is 0 Å². The molecule has 1 aromatic heterocycles. The average Bonchev–Trinajstić information content (AvgIpc) is 2.74. The molecule has 1 N–H and O–H groups in total. The van der Waals surface area contributed by atoms with E-state index in [0.29, 0.717) is 0 Å². The SMILES string of the molecule is CN1CCN(c2onc3c2CCNC3)CC1. The summed E-state index contributed by atoms with van der Waals surface area (Å²) < 4.78 is 5.51.